The van der Waals surface area contributed by atoms with Crippen LogP contribution in [0.4, 0.5) is 8.78 Å². The number of methoxy groups -OCH3 is 1. The minimum Gasteiger partial charge on any atom is -0.493 e. The molecule has 1 atom stereocenters. The Kier molecular flexibility index (Phi) is 8.47. The van der Waals surface area contributed by atoms with Crippen molar-refractivity contribution in [3.8, 4) is 11.5 Å². The molecule has 0 aromatic heterocycles. The van der Waals surface area contributed by atoms with Crippen LogP contribution < -0.4 is 20.1 Å². The fourth-order valence-electron chi connectivity index (χ4n) is 2.94. The first kappa shape index (κ1) is 21.6. The van der Waals surface area contributed by atoms with Crippen molar-refractivity contribution in [1.29, 1.82) is 0 Å². The second kappa shape index (κ2) is 10.6. The molecule has 1 aliphatic heterocycles. The summed E-state index contributed by atoms with van der Waals surface area (Å²) in [5.41, 5.74) is 0.883. The van der Waals surface area contributed by atoms with Gasteiger partial charge in [-0.05, 0) is 56.6 Å². The molecule has 1 aromatic carbocycles. The molecule has 8 heteroatoms. The summed E-state index contributed by atoms with van der Waals surface area (Å²) in [6.45, 7) is 3.61. The zero-order valence-electron chi connectivity index (χ0n) is 16.2. The summed E-state index contributed by atoms with van der Waals surface area (Å²) in [6, 6.07) is 5.08. The van der Waals surface area contributed by atoms with Crippen LogP contribution in [0.3, 0.4) is 0 Å². The number of hydrogen-bond donors (Lipinski definition) is 2. The lowest BCUT2D eigenvalue weighted by Crippen LogP contribution is -2.39. The second-order valence-electron chi connectivity index (χ2n) is 6.64. The van der Waals surface area contributed by atoms with Gasteiger partial charge in [0.05, 0.1) is 13.7 Å². The number of aliphatic imine (C=N–C) groups is 1. The summed E-state index contributed by atoms with van der Waals surface area (Å²) < 4.78 is 34.9. The van der Waals surface area contributed by atoms with Gasteiger partial charge < -0.3 is 20.1 Å². The standard InChI is InChI=1S/C19H29F2N3O2S/c1-4-22-18(24-13-19(2)9-5-11-27-19)23-10-8-14-6-7-15(25-3)16(12-14)26-17(20)21/h6-7,12,17H,4-5,8-11,13H2,1-3H3,(H2,22,23,24). The van der Waals surface area contributed by atoms with E-state index < -0.39 is 6.61 Å². The van der Waals surface area contributed by atoms with E-state index in [1.807, 2.05) is 24.8 Å². The molecule has 1 heterocycles. The third-order valence-corrected chi connectivity index (χ3v) is 5.89. The fraction of sp³-hybridized carbons (Fsp3) is 0.632. The monoisotopic (exact) mass is 401 g/mol. The van der Waals surface area contributed by atoms with Gasteiger partial charge in [0, 0.05) is 17.8 Å². The summed E-state index contributed by atoms with van der Waals surface area (Å²) >= 11 is 1.99. The van der Waals surface area contributed by atoms with Gasteiger partial charge in [0.2, 0.25) is 0 Å². The van der Waals surface area contributed by atoms with Crippen LogP contribution in [0.2, 0.25) is 0 Å². The zero-order chi connectivity index (χ0) is 19.7. The van der Waals surface area contributed by atoms with Crippen LogP contribution in [0.1, 0.15) is 32.3 Å². The third kappa shape index (κ3) is 7.08. The van der Waals surface area contributed by atoms with Crippen molar-refractivity contribution in [1.82, 2.24) is 10.6 Å². The number of guanidine groups is 1. The van der Waals surface area contributed by atoms with Gasteiger partial charge in [0.15, 0.2) is 17.5 Å². The smallest absolute Gasteiger partial charge is 0.387 e. The minimum atomic E-state index is -2.88. The van der Waals surface area contributed by atoms with E-state index in [4.69, 9.17) is 9.73 Å². The Bertz CT molecular complexity index is 623. The van der Waals surface area contributed by atoms with Gasteiger partial charge in [-0.2, -0.15) is 20.5 Å². The molecule has 152 valence electrons. The van der Waals surface area contributed by atoms with E-state index in [9.17, 15) is 8.78 Å². The number of thioether (sulfide) groups is 1. The van der Waals surface area contributed by atoms with Crippen molar-refractivity contribution in [2.24, 2.45) is 4.99 Å². The molecule has 1 aromatic rings. The molecule has 0 spiro atoms. The highest BCUT2D eigenvalue weighted by Crippen LogP contribution is 2.37. The summed E-state index contributed by atoms with van der Waals surface area (Å²) in [4.78, 5) is 4.71. The maximum atomic E-state index is 12.5. The average Bonchev–Trinajstić information content (AvgIpc) is 3.06. The largest absolute Gasteiger partial charge is 0.493 e. The topological polar surface area (TPSA) is 54.9 Å². The van der Waals surface area contributed by atoms with Crippen LogP contribution in [0.15, 0.2) is 23.2 Å². The first-order valence-electron chi connectivity index (χ1n) is 9.23. The Balaban J connectivity index is 1.91. The lowest BCUT2D eigenvalue weighted by molar-refractivity contribution is -0.0512. The van der Waals surface area contributed by atoms with Crippen LogP contribution in [0, 0.1) is 0 Å². The Morgan fingerprint density at radius 1 is 1.33 bits per heavy atom. The highest BCUT2D eigenvalue weighted by molar-refractivity contribution is 8.00. The predicted molar refractivity (Wildman–Crippen MR) is 107 cm³/mol. The van der Waals surface area contributed by atoms with E-state index in [1.54, 1.807) is 12.1 Å². The molecular weight excluding hydrogens is 372 g/mol. The van der Waals surface area contributed by atoms with Crippen LogP contribution in [-0.2, 0) is 6.42 Å². The highest BCUT2D eigenvalue weighted by atomic mass is 32.2. The van der Waals surface area contributed by atoms with Gasteiger partial charge in [0.25, 0.3) is 0 Å². The Morgan fingerprint density at radius 2 is 2.15 bits per heavy atom. The highest BCUT2D eigenvalue weighted by Gasteiger charge is 2.29. The number of hydrogen-bond acceptors (Lipinski definition) is 4. The number of rotatable bonds is 9. The molecule has 5 nitrogen and oxygen atoms in total. The van der Waals surface area contributed by atoms with Gasteiger partial charge in [-0.25, -0.2) is 0 Å². The maximum absolute atomic E-state index is 12.5. The number of alkyl halides is 2. The Labute approximate surface area is 164 Å². The number of nitrogens with one attached hydrogen (secondary N) is 2. The SMILES string of the molecule is CCNC(=NCC1(C)CCCS1)NCCc1ccc(OC)c(OC(F)F)c1. The van der Waals surface area contributed by atoms with Gasteiger partial charge in [0.1, 0.15) is 0 Å². The Hall–Kier alpha value is -1.70. The molecule has 0 radical (unpaired) electrons. The van der Waals surface area contributed by atoms with E-state index in [0.29, 0.717) is 18.7 Å². The number of ether oxygens (including phenoxy) is 2. The van der Waals surface area contributed by atoms with Gasteiger partial charge >= 0.3 is 6.61 Å². The first-order chi connectivity index (χ1) is 13.0. The molecule has 1 saturated heterocycles. The van der Waals surface area contributed by atoms with Crippen LogP contribution in [0.25, 0.3) is 0 Å². The maximum Gasteiger partial charge on any atom is 0.387 e. The third-order valence-electron chi connectivity index (χ3n) is 4.37. The molecule has 2 N–H and O–H groups in total. The lowest BCUT2D eigenvalue weighted by Gasteiger charge is -2.21. The van der Waals surface area contributed by atoms with E-state index in [1.165, 1.54) is 25.7 Å². The van der Waals surface area contributed by atoms with E-state index in [0.717, 1.165) is 24.6 Å². The molecule has 1 fully saturated rings. The van der Waals surface area contributed by atoms with Crippen LogP contribution in [0.5, 0.6) is 11.5 Å². The van der Waals surface area contributed by atoms with Crippen molar-refractivity contribution in [2.45, 2.75) is 44.5 Å². The quantitative estimate of drug-likeness (QED) is 0.488. The van der Waals surface area contributed by atoms with E-state index in [2.05, 4.69) is 22.3 Å². The molecule has 0 saturated carbocycles. The minimum absolute atomic E-state index is 0.0526. The normalized spacial score (nSPS) is 20.0. The molecule has 2 rings (SSSR count). The zero-order valence-corrected chi connectivity index (χ0v) is 17.0. The number of nitrogens with zero attached hydrogens (tertiary/aromatic N) is 1. The van der Waals surface area contributed by atoms with Crippen molar-refractivity contribution >= 4 is 17.7 Å². The summed E-state index contributed by atoms with van der Waals surface area (Å²) in [6.07, 6.45) is 3.10. The molecule has 0 amide bonds. The van der Waals surface area contributed by atoms with E-state index >= 15 is 0 Å². The Morgan fingerprint density at radius 3 is 2.78 bits per heavy atom. The fourth-order valence-corrected chi connectivity index (χ4v) is 4.17. The van der Waals surface area contributed by atoms with Crippen molar-refractivity contribution in [3.05, 3.63) is 23.8 Å². The summed E-state index contributed by atoms with van der Waals surface area (Å²) in [7, 11) is 1.43. The van der Waals surface area contributed by atoms with Crippen LogP contribution in [-0.4, -0.2) is 49.8 Å². The molecule has 27 heavy (non-hydrogen) atoms. The summed E-state index contributed by atoms with van der Waals surface area (Å²) in [5.74, 6) is 2.33. The second-order valence-corrected chi connectivity index (χ2v) is 8.32. The van der Waals surface area contributed by atoms with Gasteiger partial charge in [-0.3, -0.25) is 4.99 Å². The molecule has 1 unspecified atom stereocenters. The van der Waals surface area contributed by atoms with Crippen molar-refractivity contribution in [2.75, 3.05) is 32.5 Å². The summed E-state index contributed by atoms with van der Waals surface area (Å²) in [5, 5.41) is 6.56. The van der Waals surface area contributed by atoms with E-state index in [-0.39, 0.29) is 10.5 Å². The van der Waals surface area contributed by atoms with Crippen LogP contribution >= 0.6 is 11.8 Å². The predicted octanol–water partition coefficient (Wildman–Crippen LogP) is 3.68. The lowest BCUT2D eigenvalue weighted by atomic mass is 10.1. The van der Waals surface area contributed by atoms with Crippen molar-refractivity contribution in [3.63, 3.8) is 0 Å². The van der Waals surface area contributed by atoms with Crippen molar-refractivity contribution < 1.29 is 18.3 Å². The number of benzene rings is 1. The van der Waals surface area contributed by atoms with Gasteiger partial charge in [-0.1, -0.05) is 6.07 Å². The molecule has 1 aliphatic rings. The number of halogens is 2. The molecule has 0 bridgehead atoms. The molecular formula is C19H29F2N3O2S. The average molecular weight is 402 g/mol. The molecule has 0 aliphatic carbocycles. The first-order valence-corrected chi connectivity index (χ1v) is 10.2. The van der Waals surface area contributed by atoms with Gasteiger partial charge in [-0.15, -0.1) is 0 Å².